The zero-order chi connectivity index (χ0) is 13.2. The van der Waals surface area contributed by atoms with E-state index in [9.17, 15) is 0 Å². The molecule has 2 nitrogen and oxygen atoms in total. The van der Waals surface area contributed by atoms with E-state index < -0.39 is 0 Å². The topological polar surface area (TPSA) is 38.0 Å². The zero-order valence-corrected chi connectivity index (χ0v) is 12.5. The number of halogens is 1. The van der Waals surface area contributed by atoms with Crippen LogP contribution in [0.3, 0.4) is 0 Å². The highest BCUT2D eigenvalue weighted by Crippen LogP contribution is 2.36. The molecule has 0 heterocycles. The van der Waals surface area contributed by atoms with Crippen LogP contribution in [-0.2, 0) is 0 Å². The molecule has 3 rings (SSSR count). The Hall–Kier alpha value is -0.900. The third-order valence-electron chi connectivity index (χ3n) is 3.99. The summed E-state index contributed by atoms with van der Waals surface area (Å²) in [4.78, 5) is 0. The molecular formula is C16H19BrN2. The summed E-state index contributed by atoms with van der Waals surface area (Å²) in [5.41, 5.74) is 4.26. The second-order valence-electron chi connectivity index (χ2n) is 5.49. The summed E-state index contributed by atoms with van der Waals surface area (Å²) in [5, 5.41) is 2.53. The molecule has 0 saturated heterocycles. The number of nitrogens with one attached hydrogen (secondary N) is 1. The van der Waals surface area contributed by atoms with Gasteiger partial charge in [-0.25, -0.2) is 0 Å². The first-order chi connectivity index (χ1) is 9.26. The van der Waals surface area contributed by atoms with E-state index in [2.05, 4.69) is 57.8 Å². The van der Waals surface area contributed by atoms with Crippen LogP contribution in [0.2, 0.25) is 0 Å². The number of hydrogen-bond acceptors (Lipinski definition) is 2. The highest BCUT2D eigenvalue weighted by Gasteiger charge is 2.22. The van der Waals surface area contributed by atoms with Gasteiger partial charge in [0.05, 0.1) is 0 Å². The van der Waals surface area contributed by atoms with Crippen LogP contribution in [-0.4, -0.2) is 0 Å². The Morgan fingerprint density at radius 1 is 1.16 bits per heavy atom. The average molecular weight is 319 g/mol. The summed E-state index contributed by atoms with van der Waals surface area (Å²) in [6.45, 7) is 0. The normalized spacial score (nSPS) is 16.7. The molecule has 19 heavy (non-hydrogen) atoms. The van der Waals surface area contributed by atoms with Gasteiger partial charge in [0.1, 0.15) is 0 Å². The van der Waals surface area contributed by atoms with Gasteiger partial charge in [0.25, 0.3) is 0 Å². The minimum Gasteiger partial charge on any atom is -0.271 e. The van der Waals surface area contributed by atoms with Crippen molar-refractivity contribution in [3.63, 3.8) is 0 Å². The van der Waals surface area contributed by atoms with Gasteiger partial charge in [0.2, 0.25) is 0 Å². The third-order valence-corrected chi connectivity index (χ3v) is 4.48. The first-order valence-corrected chi connectivity index (χ1v) is 7.71. The van der Waals surface area contributed by atoms with Crippen LogP contribution in [0.4, 0.5) is 0 Å². The molecule has 3 N–H and O–H groups in total. The zero-order valence-electron chi connectivity index (χ0n) is 10.9. The summed E-state index contributed by atoms with van der Waals surface area (Å²) >= 11 is 3.51. The molecule has 0 aliphatic heterocycles. The highest BCUT2D eigenvalue weighted by atomic mass is 79.9. The Labute approximate surface area is 122 Å². The van der Waals surface area contributed by atoms with E-state index in [4.69, 9.17) is 5.84 Å². The lowest BCUT2D eigenvalue weighted by atomic mass is 9.98. The Bertz CT molecular complexity index is 578. The van der Waals surface area contributed by atoms with Crippen molar-refractivity contribution in [1.29, 1.82) is 0 Å². The standard InChI is InChI=1S/C16H19BrN2/c17-15-7-6-12-9-14(5-4-13(12)10-15)16(19-18)8-3-11-1-2-11/h4-7,9-11,16,19H,1-3,8,18H2. The van der Waals surface area contributed by atoms with Crippen LogP contribution in [0, 0.1) is 5.92 Å². The van der Waals surface area contributed by atoms with Gasteiger partial charge in [0, 0.05) is 10.5 Å². The van der Waals surface area contributed by atoms with Crippen LogP contribution in [0.15, 0.2) is 40.9 Å². The summed E-state index contributed by atoms with van der Waals surface area (Å²) in [6, 6.07) is 13.3. The maximum Gasteiger partial charge on any atom is 0.0460 e. The predicted octanol–water partition coefficient (Wildman–Crippen LogP) is 4.30. The molecule has 1 unspecified atom stereocenters. The van der Waals surface area contributed by atoms with E-state index in [0.29, 0.717) is 0 Å². The van der Waals surface area contributed by atoms with E-state index in [-0.39, 0.29) is 6.04 Å². The van der Waals surface area contributed by atoms with Crippen molar-refractivity contribution < 1.29 is 0 Å². The second kappa shape index (κ2) is 5.61. The predicted molar refractivity (Wildman–Crippen MR) is 83.7 cm³/mol. The molecule has 100 valence electrons. The second-order valence-corrected chi connectivity index (χ2v) is 6.41. The van der Waals surface area contributed by atoms with E-state index >= 15 is 0 Å². The minimum absolute atomic E-state index is 0.272. The molecule has 0 bridgehead atoms. The van der Waals surface area contributed by atoms with Crippen molar-refractivity contribution in [3.8, 4) is 0 Å². The number of fused-ring (bicyclic) bond motifs is 1. The summed E-state index contributed by atoms with van der Waals surface area (Å²) in [6.07, 6.45) is 5.22. The van der Waals surface area contributed by atoms with E-state index in [1.165, 1.54) is 35.6 Å². The largest absolute Gasteiger partial charge is 0.271 e. The molecule has 2 aromatic carbocycles. The number of benzene rings is 2. The molecule has 1 aliphatic carbocycles. The molecule has 0 aromatic heterocycles. The van der Waals surface area contributed by atoms with E-state index in [0.717, 1.165) is 16.8 Å². The van der Waals surface area contributed by atoms with Gasteiger partial charge in [-0.15, -0.1) is 0 Å². The van der Waals surface area contributed by atoms with Gasteiger partial charge in [0.15, 0.2) is 0 Å². The monoisotopic (exact) mass is 318 g/mol. The highest BCUT2D eigenvalue weighted by molar-refractivity contribution is 9.10. The van der Waals surface area contributed by atoms with Crippen molar-refractivity contribution in [2.24, 2.45) is 11.8 Å². The quantitative estimate of drug-likeness (QED) is 0.637. The lowest BCUT2D eigenvalue weighted by Crippen LogP contribution is -2.28. The van der Waals surface area contributed by atoms with Gasteiger partial charge >= 0.3 is 0 Å². The SMILES string of the molecule is NNC(CCC1CC1)c1ccc2cc(Br)ccc2c1. The van der Waals surface area contributed by atoms with Gasteiger partial charge in [-0.1, -0.05) is 47.0 Å². The summed E-state index contributed by atoms with van der Waals surface area (Å²) in [5.74, 6) is 6.67. The van der Waals surface area contributed by atoms with Gasteiger partial charge in [-0.3, -0.25) is 11.3 Å². The Morgan fingerprint density at radius 3 is 2.63 bits per heavy atom. The molecule has 2 aromatic rings. The fourth-order valence-electron chi connectivity index (χ4n) is 2.61. The Morgan fingerprint density at radius 2 is 1.89 bits per heavy atom. The van der Waals surface area contributed by atoms with Gasteiger partial charge in [-0.2, -0.15) is 0 Å². The third kappa shape index (κ3) is 3.16. The molecular weight excluding hydrogens is 300 g/mol. The molecule has 3 heteroatoms. The van der Waals surface area contributed by atoms with Crippen molar-refractivity contribution in [2.45, 2.75) is 31.7 Å². The summed E-state index contributed by atoms with van der Waals surface area (Å²) < 4.78 is 1.12. The smallest absolute Gasteiger partial charge is 0.0460 e. The first-order valence-electron chi connectivity index (χ1n) is 6.91. The van der Waals surface area contributed by atoms with Crippen molar-refractivity contribution in [3.05, 3.63) is 46.4 Å². The van der Waals surface area contributed by atoms with E-state index in [1.807, 2.05) is 0 Å². The average Bonchev–Trinajstić information content (AvgIpc) is 3.23. The molecule has 0 amide bonds. The summed E-state index contributed by atoms with van der Waals surface area (Å²) in [7, 11) is 0. The molecule has 0 radical (unpaired) electrons. The van der Waals surface area contributed by atoms with Crippen LogP contribution < -0.4 is 11.3 Å². The van der Waals surface area contributed by atoms with Crippen LogP contribution in [0.5, 0.6) is 0 Å². The first kappa shape index (κ1) is 13.1. The molecule has 0 spiro atoms. The number of hydrogen-bond donors (Lipinski definition) is 2. The lowest BCUT2D eigenvalue weighted by Gasteiger charge is -2.17. The molecule has 1 saturated carbocycles. The van der Waals surface area contributed by atoms with Crippen molar-refractivity contribution in [1.82, 2.24) is 5.43 Å². The van der Waals surface area contributed by atoms with Crippen LogP contribution >= 0.6 is 15.9 Å². The van der Waals surface area contributed by atoms with Crippen LogP contribution in [0.1, 0.15) is 37.3 Å². The number of nitrogens with two attached hydrogens (primary N) is 1. The maximum atomic E-state index is 5.72. The van der Waals surface area contributed by atoms with Crippen molar-refractivity contribution in [2.75, 3.05) is 0 Å². The lowest BCUT2D eigenvalue weighted by molar-refractivity contribution is 0.482. The number of rotatable bonds is 5. The Balaban J connectivity index is 1.83. The molecule has 1 fully saturated rings. The molecule has 1 aliphatic rings. The minimum atomic E-state index is 0.272. The van der Waals surface area contributed by atoms with Crippen molar-refractivity contribution >= 4 is 26.7 Å². The van der Waals surface area contributed by atoms with E-state index in [1.54, 1.807) is 0 Å². The number of hydrazine groups is 1. The van der Waals surface area contributed by atoms with Gasteiger partial charge < -0.3 is 0 Å². The fourth-order valence-corrected chi connectivity index (χ4v) is 2.99. The van der Waals surface area contributed by atoms with Gasteiger partial charge in [-0.05, 0) is 53.3 Å². The Kier molecular flexibility index (Phi) is 3.87. The fraction of sp³-hybridized carbons (Fsp3) is 0.375. The molecule has 1 atom stereocenters. The maximum absolute atomic E-state index is 5.72. The van der Waals surface area contributed by atoms with Crippen LogP contribution in [0.25, 0.3) is 10.8 Å².